The second-order valence-corrected chi connectivity index (χ2v) is 3.11. The molecule has 0 spiro atoms. The topological polar surface area (TPSA) is 52.6 Å². The molecule has 1 rings (SSSR count). The van der Waals surface area contributed by atoms with Crippen LogP contribution in [0.15, 0.2) is 12.2 Å². The third kappa shape index (κ3) is 1.78. The van der Waals surface area contributed by atoms with E-state index in [2.05, 4.69) is 0 Å². The molecule has 0 fully saturated rings. The summed E-state index contributed by atoms with van der Waals surface area (Å²) in [6.45, 7) is 2.96. The van der Waals surface area contributed by atoms with Gasteiger partial charge in [-0.05, 0) is 19.1 Å². The molecular formula is C9H12O4. The Labute approximate surface area is 76.5 Å². The zero-order valence-electron chi connectivity index (χ0n) is 7.87. The molecule has 0 heterocycles. The maximum atomic E-state index is 11.2. The van der Waals surface area contributed by atoms with Gasteiger partial charge in [0, 0.05) is 14.0 Å². The van der Waals surface area contributed by atoms with Gasteiger partial charge in [-0.1, -0.05) is 0 Å². The average Bonchev–Trinajstić information content (AvgIpc) is 2.33. The average molecular weight is 184 g/mol. The van der Waals surface area contributed by atoms with Gasteiger partial charge in [0.25, 0.3) is 0 Å². The van der Waals surface area contributed by atoms with Crippen LogP contribution >= 0.6 is 0 Å². The van der Waals surface area contributed by atoms with Gasteiger partial charge in [-0.3, -0.25) is 9.59 Å². The highest BCUT2D eigenvalue weighted by Crippen LogP contribution is 2.26. The minimum absolute atomic E-state index is 0.237. The molecule has 4 nitrogen and oxygen atoms in total. The third-order valence-corrected chi connectivity index (χ3v) is 2.08. The lowest BCUT2D eigenvalue weighted by atomic mass is 10.0. The van der Waals surface area contributed by atoms with Crippen LogP contribution in [0, 0.1) is 0 Å². The third-order valence-electron chi connectivity index (χ3n) is 2.08. The highest BCUT2D eigenvalue weighted by molar-refractivity contribution is 5.99. The van der Waals surface area contributed by atoms with Gasteiger partial charge in [0.15, 0.2) is 11.9 Å². The monoisotopic (exact) mass is 184 g/mol. The van der Waals surface area contributed by atoms with E-state index >= 15 is 0 Å². The summed E-state index contributed by atoms with van der Waals surface area (Å²) in [4.78, 5) is 21.9. The van der Waals surface area contributed by atoms with Gasteiger partial charge in [0.05, 0.1) is 0 Å². The largest absolute Gasteiger partial charge is 0.451 e. The quantitative estimate of drug-likeness (QED) is 0.585. The number of esters is 1. The summed E-state index contributed by atoms with van der Waals surface area (Å²) >= 11 is 0. The van der Waals surface area contributed by atoms with Crippen LogP contribution in [-0.4, -0.2) is 30.6 Å². The zero-order valence-corrected chi connectivity index (χ0v) is 7.87. The lowest BCUT2D eigenvalue weighted by Gasteiger charge is -2.27. The Morgan fingerprint density at radius 2 is 2.23 bits per heavy atom. The Morgan fingerprint density at radius 3 is 2.69 bits per heavy atom. The van der Waals surface area contributed by atoms with Gasteiger partial charge in [-0.25, -0.2) is 0 Å². The van der Waals surface area contributed by atoms with E-state index in [1.54, 1.807) is 13.0 Å². The molecule has 0 aromatic heterocycles. The Balaban J connectivity index is 2.81. The van der Waals surface area contributed by atoms with E-state index in [0.29, 0.717) is 0 Å². The van der Waals surface area contributed by atoms with Crippen LogP contribution < -0.4 is 0 Å². The highest BCUT2D eigenvalue weighted by atomic mass is 16.6. The Kier molecular flexibility index (Phi) is 2.52. The molecule has 0 bridgehead atoms. The maximum Gasteiger partial charge on any atom is 0.303 e. The number of hydrogen-bond donors (Lipinski definition) is 0. The van der Waals surface area contributed by atoms with E-state index < -0.39 is 17.7 Å². The SMILES string of the molecule is CO[C@]1(C)C=CC(=O)[C@@H]1OC(C)=O. The summed E-state index contributed by atoms with van der Waals surface area (Å²) in [6.07, 6.45) is 2.13. The van der Waals surface area contributed by atoms with E-state index in [9.17, 15) is 9.59 Å². The van der Waals surface area contributed by atoms with Crippen molar-refractivity contribution in [3.63, 3.8) is 0 Å². The van der Waals surface area contributed by atoms with Crippen LogP contribution in [0.4, 0.5) is 0 Å². The van der Waals surface area contributed by atoms with Gasteiger partial charge in [-0.2, -0.15) is 0 Å². The van der Waals surface area contributed by atoms with Gasteiger partial charge in [0.1, 0.15) is 5.60 Å². The second-order valence-electron chi connectivity index (χ2n) is 3.11. The molecule has 2 atom stereocenters. The Morgan fingerprint density at radius 1 is 1.62 bits per heavy atom. The molecule has 4 heteroatoms. The number of methoxy groups -OCH3 is 1. The van der Waals surface area contributed by atoms with Crippen molar-refractivity contribution < 1.29 is 19.1 Å². The number of hydrogen-bond acceptors (Lipinski definition) is 4. The summed E-state index contributed by atoms with van der Waals surface area (Å²) < 4.78 is 9.95. The van der Waals surface area contributed by atoms with Crippen molar-refractivity contribution in [3.8, 4) is 0 Å². The van der Waals surface area contributed by atoms with Crippen LogP contribution in [0.2, 0.25) is 0 Å². The van der Waals surface area contributed by atoms with Gasteiger partial charge < -0.3 is 9.47 Å². The molecule has 0 aliphatic heterocycles. The predicted octanol–water partition coefficient (Wildman–Crippen LogP) is 0.462. The highest BCUT2D eigenvalue weighted by Gasteiger charge is 2.43. The van der Waals surface area contributed by atoms with Crippen molar-refractivity contribution in [2.75, 3.05) is 7.11 Å². The lowest BCUT2D eigenvalue weighted by molar-refractivity contribution is -0.162. The molecule has 0 aromatic rings. The van der Waals surface area contributed by atoms with Crippen LogP contribution in [0.1, 0.15) is 13.8 Å². The molecule has 1 aliphatic rings. The van der Waals surface area contributed by atoms with Crippen molar-refractivity contribution in [1.29, 1.82) is 0 Å². The molecule has 1 aliphatic carbocycles. The second kappa shape index (κ2) is 3.30. The molecule has 0 N–H and O–H groups in total. The fourth-order valence-corrected chi connectivity index (χ4v) is 1.22. The first-order valence-corrected chi connectivity index (χ1v) is 3.95. The Hall–Kier alpha value is -1.16. The lowest BCUT2D eigenvalue weighted by Crippen LogP contribution is -2.42. The summed E-state index contributed by atoms with van der Waals surface area (Å²) in [5.41, 5.74) is -0.817. The molecular weight excluding hydrogens is 172 g/mol. The molecule has 0 unspecified atom stereocenters. The number of ketones is 1. The maximum absolute atomic E-state index is 11.2. The van der Waals surface area contributed by atoms with Crippen LogP contribution in [0.3, 0.4) is 0 Å². The van der Waals surface area contributed by atoms with E-state index in [4.69, 9.17) is 9.47 Å². The summed E-state index contributed by atoms with van der Waals surface area (Å²) in [5.74, 6) is -0.718. The zero-order chi connectivity index (χ0) is 10.1. The van der Waals surface area contributed by atoms with Gasteiger partial charge in [0.2, 0.25) is 0 Å². The minimum Gasteiger partial charge on any atom is -0.451 e. The van der Waals surface area contributed by atoms with Crippen molar-refractivity contribution in [2.24, 2.45) is 0 Å². The van der Waals surface area contributed by atoms with Crippen molar-refractivity contribution in [3.05, 3.63) is 12.2 Å². The number of rotatable bonds is 2. The summed E-state index contributed by atoms with van der Waals surface area (Å²) in [7, 11) is 1.47. The van der Waals surface area contributed by atoms with Crippen molar-refractivity contribution in [1.82, 2.24) is 0 Å². The summed E-state index contributed by atoms with van der Waals surface area (Å²) in [5, 5.41) is 0. The fourth-order valence-electron chi connectivity index (χ4n) is 1.22. The van der Waals surface area contributed by atoms with Gasteiger partial charge >= 0.3 is 5.97 Å². The van der Waals surface area contributed by atoms with E-state index in [1.807, 2.05) is 0 Å². The molecule has 0 saturated carbocycles. The fraction of sp³-hybridized carbons (Fsp3) is 0.556. The standard InChI is InChI=1S/C9H12O4/c1-6(10)13-8-7(11)4-5-9(8,2)12-3/h4-5,8H,1-3H3/t8-,9+/m0/s1. The molecule has 0 aromatic carbocycles. The van der Waals surface area contributed by atoms with Gasteiger partial charge in [-0.15, -0.1) is 0 Å². The normalized spacial score (nSPS) is 32.2. The smallest absolute Gasteiger partial charge is 0.303 e. The first kappa shape index (κ1) is 9.92. The van der Waals surface area contributed by atoms with Crippen LogP contribution in [-0.2, 0) is 19.1 Å². The van der Waals surface area contributed by atoms with Crippen molar-refractivity contribution in [2.45, 2.75) is 25.6 Å². The van der Waals surface area contributed by atoms with Crippen LogP contribution in [0.5, 0.6) is 0 Å². The molecule has 72 valence electrons. The molecule has 0 saturated heterocycles. The molecule has 13 heavy (non-hydrogen) atoms. The Bertz CT molecular complexity index is 269. The molecule has 0 amide bonds. The van der Waals surface area contributed by atoms with E-state index in [0.717, 1.165) is 0 Å². The number of carbonyl (C=O) groups excluding carboxylic acids is 2. The molecule has 0 radical (unpaired) electrons. The summed E-state index contributed by atoms with van der Waals surface area (Å²) in [6, 6.07) is 0. The minimum atomic E-state index is -0.838. The van der Waals surface area contributed by atoms with Crippen molar-refractivity contribution >= 4 is 11.8 Å². The first-order valence-electron chi connectivity index (χ1n) is 3.95. The number of carbonyl (C=O) groups is 2. The first-order chi connectivity index (χ1) is 5.99. The van der Waals surface area contributed by atoms with E-state index in [1.165, 1.54) is 20.1 Å². The van der Waals surface area contributed by atoms with E-state index in [-0.39, 0.29) is 5.78 Å². The van der Waals surface area contributed by atoms with Crippen LogP contribution in [0.25, 0.3) is 0 Å². The number of ether oxygens (including phenoxy) is 2. The predicted molar refractivity (Wildman–Crippen MR) is 45.1 cm³/mol.